The number of ketones is 2. The van der Waals surface area contributed by atoms with Gasteiger partial charge in [-0.3, -0.25) is 9.59 Å². The van der Waals surface area contributed by atoms with Crippen molar-refractivity contribution in [1.82, 2.24) is 0 Å². The Balaban J connectivity index is 1.58. The van der Waals surface area contributed by atoms with Gasteiger partial charge in [0, 0.05) is 23.2 Å². The minimum atomic E-state index is -0.387. The second-order valence-corrected chi connectivity index (χ2v) is 8.83. The molecule has 2 N–H and O–H groups in total. The first-order valence-electron chi connectivity index (χ1n) is 10.5. The number of nitrogens with one attached hydrogen (secondary N) is 2. The van der Waals surface area contributed by atoms with Crippen LogP contribution < -0.4 is 10.6 Å². The molecule has 1 heterocycles. The molecule has 3 aromatic carbocycles. The van der Waals surface area contributed by atoms with Crippen LogP contribution in [0.1, 0.15) is 40.4 Å². The molecule has 160 valence electrons. The molecule has 1 aliphatic heterocycles. The lowest BCUT2D eigenvalue weighted by Gasteiger charge is -2.29. The Morgan fingerprint density at radius 1 is 0.875 bits per heavy atom. The average molecular weight is 463 g/mol. The van der Waals surface area contributed by atoms with Crippen molar-refractivity contribution in [3.63, 3.8) is 0 Å². The highest BCUT2D eigenvalue weighted by Gasteiger charge is 2.37. The van der Waals surface area contributed by atoms with Crippen LogP contribution in [0.25, 0.3) is 0 Å². The van der Waals surface area contributed by atoms with Crippen LogP contribution in [0, 0.1) is 5.92 Å². The summed E-state index contributed by atoms with van der Waals surface area (Å²) in [6.45, 7) is 0. The topological polar surface area (TPSA) is 58.2 Å². The zero-order valence-corrected chi connectivity index (χ0v) is 18.6. The Labute approximate surface area is 196 Å². The van der Waals surface area contributed by atoms with Crippen LogP contribution in [-0.2, 0) is 4.79 Å². The van der Waals surface area contributed by atoms with Gasteiger partial charge in [0.15, 0.2) is 5.78 Å². The summed E-state index contributed by atoms with van der Waals surface area (Å²) in [6, 6.07) is 19.8. The van der Waals surface area contributed by atoms with Gasteiger partial charge >= 0.3 is 0 Å². The summed E-state index contributed by atoms with van der Waals surface area (Å²) in [6.07, 6.45) is 3.24. The monoisotopic (exact) mass is 462 g/mol. The summed E-state index contributed by atoms with van der Waals surface area (Å²) in [5.41, 5.74) is 4.51. The van der Waals surface area contributed by atoms with Crippen molar-refractivity contribution in [2.45, 2.75) is 18.9 Å². The maximum Gasteiger partial charge on any atom is 0.193 e. The van der Waals surface area contributed by atoms with E-state index in [1.54, 1.807) is 30.3 Å². The van der Waals surface area contributed by atoms with Gasteiger partial charge in [0.1, 0.15) is 5.78 Å². The first kappa shape index (κ1) is 20.8. The molecular weight excluding hydrogens is 443 g/mol. The fraction of sp³-hybridized carbons (Fsp3) is 0.154. The van der Waals surface area contributed by atoms with Gasteiger partial charge in [0.2, 0.25) is 0 Å². The number of anilines is 2. The third kappa shape index (κ3) is 3.81. The predicted molar refractivity (Wildman–Crippen MR) is 129 cm³/mol. The highest BCUT2D eigenvalue weighted by atomic mass is 35.5. The Morgan fingerprint density at radius 2 is 1.69 bits per heavy atom. The SMILES string of the molecule is O=C(c1ccccc1)c1ccc2c(c1)NC1=CCCC(=O)[C@@H]1[C@@H](c1ccc(Cl)c(Cl)c1)N2. The molecule has 0 radical (unpaired) electrons. The molecule has 3 aromatic rings. The predicted octanol–water partition coefficient (Wildman–Crippen LogP) is 6.67. The molecule has 0 fully saturated rings. The van der Waals surface area contributed by atoms with Gasteiger partial charge < -0.3 is 10.6 Å². The second-order valence-electron chi connectivity index (χ2n) is 8.02. The highest BCUT2D eigenvalue weighted by molar-refractivity contribution is 6.42. The molecule has 0 bridgehead atoms. The summed E-state index contributed by atoms with van der Waals surface area (Å²) in [5, 5.41) is 7.87. The van der Waals surface area contributed by atoms with Crippen LogP contribution in [0.2, 0.25) is 10.0 Å². The number of fused-ring (bicyclic) bond motifs is 2. The lowest BCUT2D eigenvalue weighted by molar-refractivity contribution is -0.122. The quantitative estimate of drug-likeness (QED) is 0.426. The van der Waals surface area contributed by atoms with Crippen molar-refractivity contribution >= 4 is 46.1 Å². The van der Waals surface area contributed by atoms with Crippen LogP contribution >= 0.6 is 23.2 Å². The molecule has 1 aliphatic carbocycles. The van der Waals surface area contributed by atoms with Crippen LogP contribution in [0.4, 0.5) is 11.4 Å². The molecule has 4 nitrogen and oxygen atoms in total. The molecular formula is C26H20Cl2N2O2. The lowest BCUT2D eigenvalue weighted by atomic mass is 9.82. The van der Waals surface area contributed by atoms with E-state index in [-0.39, 0.29) is 23.5 Å². The molecule has 6 heteroatoms. The van der Waals surface area contributed by atoms with Gasteiger partial charge in [0.25, 0.3) is 0 Å². The van der Waals surface area contributed by atoms with E-state index in [0.29, 0.717) is 34.0 Å². The molecule has 0 spiro atoms. The van der Waals surface area contributed by atoms with Crippen LogP contribution in [-0.4, -0.2) is 11.6 Å². The Bertz CT molecular complexity index is 1250. The van der Waals surface area contributed by atoms with E-state index in [9.17, 15) is 9.59 Å². The largest absolute Gasteiger partial charge is 0.375 e. The molecule has 2 atom stereocenters. The number of allylic oxidation sites excluding steroid dienone is 1. The van der Waals surface area contributed by atoms with Crippen LogP contribution in [0.15, 0.2) is 78.5 Å². The number of hydrogen-bond donors (Lipinski definition) is 2. The molecule has 0 amide bonds. The van der Waals surface area contributed by atoms with Crippen LogP contribution in [0.5, 0.6) is 0 Å². The van der Waals surface area contributed by atoms with Gasteiger partial charge in [-0.15, -0.1) is 0 Å². The number of rotatable bonds is 3. The van der Waals surface area contributed by atoms with Crippen LogP contribution in [0.3, 0.4) is 0 Å². The van der Waals surface area contributed by atoms with E-state index in [0.717, 1.165) is 22.6 Å². The fourth-order valence-corrected chi connectivity index (χ4v) is 4.69. The lowest BCUT2D eigenvalue weighted by Crippen LogP contribution is -2.31. The van der Waals surface area contributed by atoms with E-state index in [1.807, 2.05) is 36.4 Å². The van der Waals surface area contributed by atoms with Gasteiger partial charge in [-0.25, -0.2) is 0 Å². The molecule has 2 aliphatic rings. The number of carbonyl (C=O) groups excluding carboxylic acids is 2. The number of Topliss-reactive ketones (excluding diaryl/α,β-unsaturated/α-hetero) is 1. The van der Waals surface area contributed by atoms with Crippen molar-refractivity contribution in [3.8, 4) is 0 Å². The van der Waals surface area contributed by atoms with E-state index < -0.39 is 0 Å². The summed E-state index contributed by atoms with van der Waals surface area (Å²) < 4.78 is 0. The van der Waals surface area contributed by atoms with E-state index >= 15 is 0 Å². The molecule has 0 saturated carbocycles. The highest BCUT2D eigenvalue weighted by Crippen LogP contribution is 2.43. The molecule has 0 saturated heterocycles. The molecule has 0 aromatic heterocycles. The fourth-order valence-electron chi connectivity index (χ4n) is 4.38. The smallest absolute Gasteiger partial charge is 0.193 e. The first-order valence-corrected chi connectivity index (χ1v) is 11.2. The number of halogens is 2. The average Bonchev–Trinajstić information content (AvgIpc) is 2.98. The second kappa shape index (κ2) is 8.45. The van der Waals surface area contributed by atoms with Gasteiger partial charge in [0.05, 0.1) is 33.4 Å². The minimum absolute atomic E-state index is 0.0502. The molecule has 0 unspecified atom stereocenters. The van der Waals surface area contributed by atoms with Crippen molar-refractivity contribution in [1.29, 1.82) is 0 Å². The number of hydrogen-bond acceptors (Lipinski definition) is 4. The Hall–Kier alpha value is -3.08. The zero-order chi connectivity index (χ0) is 22.2. The van der Waals surface area contributed by atoms with Crippen molar-refractivity contribution in [2.24, 2.45) is 5.92 Å². The van der Waals surface area contributed by atoms with Gasteiger partial charge in [-0.1, -0.05) is 65.7 Å². The van der Waals surface area contributed by atoms with E-state index in [1.165, 1.54) is 0 Å². The third-order valence-corrected chi connectivity index (χ3v) is 6.72. The number of carbonyl (C=O) groups is 2. The number of benzene rings is 3. The standard InChI is InChI=1S/C26H20Cl2N2O2/c27-18-11-9-16(13-19(18)28)25-24-21(7-4-8-23(24)31)29-22-14-17(10-12-20(22)30-25)26(32)15-5-2-1-3-6-15/h1-3,5-7,9-14,24-25,29-30H,4,8H2/t24-,25-/m1/s1. The third-order valence-electron chi connectivity index (χ3n) is 5.98. The summed E-state index contributed by atoms with van der Waals surface area (Å²) in [5.74, 6) is -0.278. The summed E-state index contributed by atoms with van der Waals surface area (Å²) >= 11 is 12.4. The Morgan fingerprint density at radius 3 is 2.47 bits per heavy atom. The summed E-state index contributed by atoms with van der Waals surface area (Å²) in [4.78, 5) is 26.0. The molecule has 5 rings (SSSR count). The zero-order valence-electron chi connectivity index (χ0n) is 17.1. The van der Waals surface area contributed by atoms with Gasteiger partial charge in [-0.2, -0.15) is 0 Å². The van der Waals surface area contributed by atoms with E-state index in [4.69, 9.17) is 23.2 Å². The summed E-state index contributed by atoms with van der Waals surface area (Å²) in [7, 11) is 0. The normalized spacial score (nSPS) is 19.6. The maximum atomic E-state index is 13.0. The van der Waals surface area contributed by atoms with E-state index in [2.05, 4.69) is 16.7 Å². The maximum absolute atomic E-state index is 13.0. The van der Waals surface area contributed by atoms with Gasteiger partial charge in [-0.05, 0) is 42.3 Å². The first-order chi connectivity index (χ1) is 15.5. The minimum Gasteiger partial charge on any atom is -0.375 e. The Kier molecular flexibility index (Phi) is 5.50. The van der Waals surface area contributed by atoms with Crippen molar-refractivity contribution in [3.05, 3.63) is 105 Å². The van der Waals surface area contributed by atoms with Crippen molar-refractivity contribution < 1.29 is 9.59 Å². The van der Waals surface area contributed by atoms with Crippen molar-refractivity contribution in [2.75, 3.05) is 10.6 Å². The molecule has 32 heavy (non-hydrogen) atoms.